The van der Waals surface area contributed by atoms with E-state index in [0.29, 0.717) is 21.9 Å². The molecule has 0 radical (unpaired) electrons. The van der Waals surface area contributed by atoms with Gasteiger partial charge in [-0.25, -0.2) is 0 Å². The number of amides is 1. The van der Waals surface area contributed by atoms with Gasteiger partial charge in [-0.05, 0) is 42.8 Å². The number of methoxy groups -OCH3 is 2. The minimum absolute atomic E-state index is 0.140. The molecule has 1 amide bonds. The topological polar surface area (TPSA) is 104 Å². The molecular formula is C22H22N6O3S2. The van der Waals surface area contributed by atoms with Crippen LogP contribution in [0.25, 0.3) is 17.1 Å². The average Bonchev–Trinajstić information content (AvgIpc) is 3.49. The highest BCUT2D eigenvalue weighted by atomic mass is 32.2. The van der Waals surface area contributed by atoms with Gasteiger partial charge >= 0.3 is 0 Å². The van der Waals surface area contributed by atoms with Crippen molar-refractivity contribution >= 4 is 34.1 Å². The molecule has 0 atom stereocenters. The van der Waals surface area contributed by atoms with Crippen molar-refractivity contribution < 1.29 is 14.3 Å². The summed E-state index contributed by atoms with van der Waals surface area (Å²) in [5.41, 5.74) is 1.63. The minimum atomic E-state index is -0.193. The standard InChI is InChI=1S/C22H22N6O3S2/c1-4-19-24-26-21(33-19)23-18(29)13-32-22-27-25-20(16-7-5-6-8-17(16)31-3)28(22)14-9-11-15(30-2)12-10-14/h5-12H,4,13H2,1-3H3,(H,23,26,29). The van der Waals surface area contributed by atoms with E-state index < -0.39 is 0 Å². The number of ether oxygens (including phenoxy) is 2. The van der Waals surface area contributed by atoms with Crippen molar-refractivity contribution in [2.45, 2.75) is 18.5 Å². The van der Waals surface area contributed by atoms with Crippen molar-refractivity contribution in [3.8, 4) is 28.6 Å². The molecule has 0 saturated heterocycles. The summed E-state index contributed by atoms with van der Waals surface area (Å²) in [6, 6.07) is 15.2. The van der Waals surface area contributed by atoms with Crippen LogP contribution < -0.4 is 14.8 Å². The van der Waals surface area contributed by atoms with E-state index in [2.05, 4.69) is 25.7 Å². The third-order valence-corrected chi connectivity index (χ3v) is 6.57. The lowest BCUT2D eigenvalue weighted by molar-refractivity contribution is -0.113. The van der Waals surface area contributed by atoms with Gasteiger partial charge in [0.05, 0.1) is 31.2 Å². The van der Waals surface area contributed by atoms with Crippen LogP contribution in [0.1, 0.15) is 11.9 Å². The Kier molecular flexibility index (Phi) is 7.20. The van der Waals surface area contributed by atoms with Crippen molar-refractivity contribution in [3.05, 3.63) is 53.5 Å². The molecule has 4 aromatic rings. The number of aromatic nitrogens is 5. The molecule has 9 nitrogen and oxygen atoms in total. The van der Waals surface area contributed by atoms with Crippen LogP contribution in [-0.2, 0) is 11.2 Å². The van der Waals surface area contributed by atoms with Gasteiger partial charge in [-0.2, -0.15) is 0 Å². The molecule has 0 spiro atoms. The number of thioether (sulfide) groups is 1. The first-order valence-corrected chi connectivity index (χ1v) is 11.9. The fraction of sp³-hybridized carbons (Fsp3) is 0.227. The minimum Gasteiger partial charge on any atom is -0.497 e. The molecular weight excluding hydrogens is 460 g/mol. The normalized spacial score (nSPS) is 10.8. The number of hydrogen-bond acceptors (Lipinski definition) is 9. The summed E-state index contributed by atoms with van der Waals surface area (Å²) in [5.74, 6) is 1.97. The molecule has 170 valence electrons. The van der Waals surface area contributed by atoms with Crippen LogP contribution in [0, 0.1) is 0 Å². The predicted molar refractivity (Wildman–Crippen MR) is 129 cm³/mol. The lowest BCUT2D eigenvalue weighted by atomic mass is 10.2. The van der Waals surface area contributed by atoms with Crippen LogP contribution in [0.5, 0.6) is 11.5 Å². The van der Waals surface area contributed by atoms with Gasteiger partial charge in [-0.1, -0.05) is 42.2 Å². The number of carbonyl (C=O) groups is 1. The molecule has 11 heteroatoms. The third kappa shape index (κ3) is 5.15. The predicted octanol–water partition coefficient (Wildman–Crippen LogP) is 4.10. The third-order valence-electron chi connectivity index (χ3n) is 4.66. The molecule has 0 fully saturated rings. The monoisotopic (exact) mass is 482 g/mol. The lowest BCUT2D eigenvalue weighted by Crippen LogP contribution is -2.14. The van der Waals surface area contributed by atoms with Crippen molar-refractivity contribution in [3.63, 3.8) is 0 Å². The molecule has 0 aliphatic rings. The zero-order valence-corrected chi connectivity index (χ0v) is 19.9. The Labute approximate surface area is 199 Å². The highest BCUT2D eigenvalue weighted by molar-refractivity contribution is 7.99. The fourth-order valence-corrected chi connectivity index (χ4v) is 4.51. The lowest BCUT2D eigenvalue weighted by Gasteiger charge is -2.13. The van der Waals surface area contributed by atoms with Gasteiger partial charge in [0, 0.05) is 0 Å². The maximum atomic E-state index is 12.5. The fourth-order valence-electron chi connectivity index (χ4n) is 3.06. The zero-order chi connectivity index (χ0) is 23.2. The summed E-state index contributed by atoms with van der Waals surface area (Å²) in [6.07, 6.45) is 0.777. The van der Waals surface area contributed by atoms with Crippen molar-refractivity contribution in [2.75, 3.05) is 25.3 Å². The van der Waals surface area contributed by atoms with Crippen molar-refractivity contribution in [2.24, 2.45) is 0 Å². The maximum absolute atomic E-state index is 12.5. The number of carbonyl (C=O) groups excluding carboxylic acids is 1. The largest absolute Gasteiger partial charge is 0.497 e. The van der Waals surface area contributed by atoms with Crippen LogP contribution in [0.2, 0.25) is 0 Å². The Bertz CT molecular complexity index is 1240. The van der Waals surface area contributed by atoms with Crippen LogP contribution in [0.3, 0.4) is 0 Å². The summed E-state index contributed by atoms with van der Waals surface area (Å²) in [7, 11) is 3.24. The van der Waals surface area contributed by atoms with Gasteiger partial charge in [0.15, 0.2) is 11.0 Å². The van der Waals surface area contributed by atoms with E-state index in [-0.39, 0.29) is 11.7 Å². The van der Waals surface area contributed by atoms with Gasteiger partial charge in [0.1, 0.15) is 16.5 Å². The second-order valence-electron chi connectivity index (χ2n) is 6.73. The van der Waals surface area contributed by atoms with Gasteiger partial charge in [-0.15, -0.1) is 20.4 Å². The van der Waals surface area contributed by atoms with E-state index in [1.165, 1.54) is 23.1 Å². The van der Waals surface area contributed by atoms with E-state index >= 15 is 0 Å². The summed E-state index contributed by atoms with van der Waals surface area (Å²) in [6.45, 7) is 1.99. The molecule has 33 heavy (non-hydrogen) atoms. The molecule has 0 saturated carbocycles. The Morgan fingerprint density at radius 1 is 1.03 bits per heavy atom. The molecule has 0 unspecified atom stereocenters. The first-order chi connectivity index (χ1) is 16.1. The second-order valence-corrected chi connectivity index (χ2v) is 8.74. The first kappa shape index (κ1) is 22.7. The smallest absolute Gasteiger partial charge is 0.236 e. The van der Waals surface area contributed by atoms with Crippen LogP contribution >= 0.6 is 23.1 Å². The van der Waals surface area contributed by atoms with Crippen LogP contribution in [-0.4, -0.2) is 50.8 Å². The molecule has 0 aliphatic carbocycles. The van der Waals surface area contributed by atoms with E-state index in [4.69, 9.17) is 9.47 Å². The van der Waals surface area contributed by atoms with Gasteiger partial charge in [0.2, 0.25) is 11.0 Å². The number of hydrogen-bond donors (Lipinski definition) is 1. The van der Waals surface area contributed by atoms with Gasteiger partial charge in [-0.3, -0.25) is 14.7 Å². The number of nitrogens with zero attached hydrogens (tertiary/aromatic N) is 5. The quantitative estimate of drug-likeness (QED) is 0.356. The Balaban J connectivity index is 1.63. The summed E-state index contributed by atoms with van der Waals surface area (Å²) in [5, 5.41) is 21.5. The highest BCUT2D eigenvalue weighted by Crippen LogP contribution is 2.33. The summed E-state index contributed by atoms with van der Waals surface area (Å²) < 4.78 is 12.7. The average molecular weight is 483 g/mol. The maximum Gasteiger partial charge on any atom is 0.236 e. The molecule has 2 aromatic heterocycles. The van der Waals surface area contributed by atoms with Crippen LogP contribution in [0.15, 0.2) is 53.7 Å². The molecule has 1 N–H and O–H groups in total. The van der Waals surface area contributed by atoms with Gasteiger partial charge < -0.3 is 9.47 Å². The van der Waals surface area contributed by atoms with Gasteiger partial charge in [0.25, 0.3) is 0 Å². The molecule has 2 aromatic carbocycles. The highest BCUT2D eigenvalue weighted by Gasteiger charge is 2.20. The van der Waals surface area contributed by atoms with E-state index in [9.17, 15) is 4.79 Å². The Hall–Kier alpha value is -3.44. The summed E-state index contributed by atoms with van der Waals surface area (Å²) >= 11 is 2.65. The van der Waals surface area contributed by atoms with E-state index in [1.54, 1.807) is 14.2 Å². The number of nitrogens with one attached hydrogen (secondary N) is 1. The molecule has 2 heterocycles. The number of anilines is 1. The summed E-state index contributed by atoms with van der Waals surface area (Å²) in [4.78, 5) is 12.5. The van der Waals surface area contributed by atoms with Crippen LogP contribution in [0.4, 0.5) is 5.13 Å². The Morgan fingerprint density at radius 3 is 2.52 bits per heavy atom. The van der Waals surface area contributed by atoms with Crippen molar-refractivity contribution in [1.82, 2.24) is 25.0 Å². The SMILES string of the molecule is CCc1nnc(NC(=O)CSc2nnc(-c3ccccc3OC)n2-c2ccc(OC)cc2)s1. The molecule has 0 aliphatic heterocycles. The van der Waals surface area contributed by atoms with E-state index in [0.717, 1.165) is 28.4 Å². The van der Waals surface area contributed by atoms with Crippen molar-refractivity contribution in [1.29, 1.82) is 0 Å². The second kappa shape index (κ2) is 10.5. The molecule has 4 rings (SSSR count). The number of para-hydroxylation sites is 1. The molecule has 0 bridgehead atoms. The zero-order valence-electron chi connectivity index (χ0n) is 18.3. The number of rotatable bonds is 9. The first-order valence-electron chi connectivity index (χ1n) is 10.1. The number of benzene rings is 2. The Morgan fingerprint density at radius 2 is 1.82 bits per heavy atom. The number of aryl methyl sites for hydroxylation is 1. The van der Waals surface area contributed by atoms with E-state index in [1.807, 2.05) is 60.0 Å².